The molecule has 4 nitrogen and oxygen atoms in total. The van der Waals surface area contributed by atoms with Crippen LogP contribution in [0.2, 0.25) is 0 Å². The lowest BCUT2D eigenvalue weighted by Crippen LogP contribution is -2.50. The molecule has 2 aliphatic rings. The Hall–Kier alpha value is -2.69. The van der Waals surface area contributed by atoms with E-state index < -0.39 is 0 Å². The molecule has 5 heteroatoms. The smallest absolute Gasteiger partial charge is 0.252 e. The van der Waals surface area contributed by atoms with Gasteiger partial charge in [-0.2, -0.15) is 0 Å². The van der Waals surface area contributed by atoms with Crippen LogP contribution in [0, 0.1) is 5.82 Å². The zero-order valence-electron chi connectivity index (χ0n) is 14.5. The standard InChI is InChI=1S/C21H21FN2O2/c22-17-7-5-15(6-8-17)13-19(25)24-12-11-21(14-24)10-9-16-3-1-2-4-18(16)20(26)23-21/h1-8H,9-14H2,(H,23,26)/t21-/m1/s1. The second-order valence-corrected chi connectivity index (χ2v) is 7.26. The Balaban J connectivity index is 1.45. The number of aryl methyl sites for hydroxylation is 1. The number of nitrogens with one attached hydrogen (secondary N) is 1. The SMILES string of the molecule is O=C1N[C@]2(CCc3ccccc31)CCN(C(=O)Cc1ccc(F)cc1)C2. The molecule has 26 heavy (non-hydrogen) atoms. The van der Waals surface area contributed by atoms with Crippen molar-refractivity contribution >= 4 is 11.8 Å². The number of nitrogens with zero attached hydrogens (tertiary/aromatic N) is 1. The normalized spacial score (nSPS) is 22.0. The van der Waals surface area contributed by atoms with Crippen LogP contribution in [0.15, 0.2) is 48.5 Å². The first kappa shape index (κ1) is 16.8. The van der Waals surface area contributed by atoms with Gasteiger partial charge < -0.3 is 10.2 Å². The molecule has 0 saturated carbocycles. The summed E-state index contributed by atoms with van der Waals surface area (Å²) in [6.07, 6.45) is 2.68. The molecule has 0 radical (unpaired) electrons. The Morgan fingerprint density at radius 1 is 1.12 bits per heavy atom. The quantitative estimate of drug-likeness (QED) is 0.903. The highest BCUT2D eigenvalue weighted by atomic mass is 19.1. The number of hydrogen-bond acceptors (Lipinski definition) is 2. The van der Waals surface area contributed by atoms with Crippen LogP contribution in [0.4, 0.5) is 4.39 Å². The first-order chi connectivity index (χ1) is 12.5. The number of halogens is 1. The lowest BCUT2D eigenvalue weighted by Gasteiger charge is -2.29. The van der Waals surface area contributed by atoms with Crippen LogP contribution in [-0.2, 0) is 17.6 Å². The third kappa shape index (κ3) is 3.21. The zero-order chi connectivity index (χ0) is 18.1. The minimum Gasteiger partial charge on any atom is -0.345 e. The molecule has 1 fully saturated rings. The maximum Gasteiger partial charge on any atom is 0.252 e. The van der Waals surface area contributed by atoms with Gasteiger partial charge in [0.2, 0.25) is 5.91 Å². The van der Waals surface area contributed by atoms with E-state index in [2.05, 4.69) is 5.32 Å². The van der Waals surface area contributed by atoms with Crippen LogP contribution in [-0.4, -0.2) is 35.3 Å². The van der Waals surface area contributed by atoms with Crippen molar-refractivity contribution in [2.24, 2.45) is 0 Å². The van der Waals surface area contributed by atoms with Gasteiger partial charge in [-0.05, 0) is 48.6 Å². The highest BCUT2D eigenvalue weighted by molar-refractivity contribution is 5.96. The monoisotopic (exact) mass is 352 g/mol. The van der Waals surface area contributed by atoms with Gasteiger partial charge in [0.05, 0.1) is 12.0 Å². The maximum atomic E-state index is 13.0. The summed E-state index contributed by atoms with van der Waals surface area (Å²) in [4.78, 5) is 27.1. The first-order valence-corrected chi connectivity index (χ1v) is 8.97. The van der Waals surface area contributed by atoms with Gasteiger partial charge in [-0.3, -0.25) is 9.59 Å². The molecule has 1 N–H and O–H groups in total. The molecule has 1 atom stereocenters. The molecule has 0 aliphatic carbocycles. The highest BCUT2D eigenvalue weighted by Crippen LogP contribution is 2.31. The van der Waals surface area contributed by atoms with Crippen molar-refractivity contribution in [3.05, 3.63) is 71.0 Å². The fourth-order valence-electron chi connectivity index (χ4n) is 3.98. The number of amides is 2. The Kier molecular flexibility index (Phi) is 4.23. The van der Waals surface area contributed by atoms with Crippen LogP contribution < -0.4 is 5.32 Å². The lowest BCUT2D eigenvalue weighted by molar-refractivity contribution is -0.129. The summed E-state index contributed by atoms with van der Waals surface area (Å²) in [5, 5.41) is 3.18. The number of rotatable bonds is 2. The van der Waals surface area contributed by atoms with Crippen LogP contribution in [0.25, 0.3) is 0 Å². The molecule has 2 amide bonds. The topological polar surface area (TPSA) is 49.4 Å². The van der Waals surface area contributed by atoms with E-state index in [0.717, 1.165) is 36.0 Å². The second-order valence-electron chi connectivity index (χ2n) is 7.26. The summed E-state index contributed by atoms with van der Waals surface area (Å²) in [5.74, 6) is -0.336. The zero-order valence-corrected chi connectivity index (χ0v) is 14.5. The molecule has 0 bridgehead atoms. The third-order valence-electron chi connectivity index (χ3n) is 5.49. The van der Waals surface area contributed by atoms with Crippen LogP contribution in [0.3, 0.4) is 0 Å². The minimum absolute atomic E-state index is 0.0180. The Morgan fingerprint density at radius 2 is 1.88 bits per heavy atom. The van der Waals surface area contributed by atoms with Crippen molar-refractivity contribution < 1.29 is 14.0 Å². The molecule has 0 aromatic heterocycles. The van der Waals surface area contributed by atoms with Gasteiger partial charge in [0.25, 0.3) is 5.91 Å². The van der Waals surface area contributed by atoms with E-state index in [1.807, 2.05) is 29.2 Å². The molecule has 0 unspecified atom stereocenters. The Bertz CT molecular complexity index is 849. The van der Waals surface area contributed by atoms with E-state index in [9.17, 15) is 14.0 Å². The Labute approximate surface area is 152 Å². The average Bonchev–Trinajstić information content (AvgIpc) is 3.00. The molecule has 134 valence electrons. The maximum absolute atomic E-state index is 13.0. The number of hydrogen-bond donors (Lipinski definition) is 1. The van der Waals surface area contributed by atoms with E-state index in [1.165, 1.54) is 12.1 Å². The number of carbonyl (C=O) groups excluding carboxylic acids is 2. The second kappa shape index (κ2) is 6.56. The fraction of sp³-hybridized carbons (Fsp3) is 0.333. The summed E-state index contributed by atoms with van der Waals surface area (Å²) in [6.45, 7) is 1.17. The highest BCUT2D eigenvalue weighted by Gasteiger charge is 2.42. The molecule has 1 spiro atoms. The van der Waals surface area contributed by atoms with Crippen molar-refractivity contribution in [2.45, 2.75) is 31.2 Å². The summed E-state index contributed by atoms with van der Waals surface area (Å²) in [7, 11) is 0. The molecule has 2 aliphatic heterocycles. The average molecular weight is 352 g/mol. The van der Waals surface area contributed by atoms with Gasteiger partial charge in [0.1, 0.15) is 5.82 Å². The lowest BCUT2D eigenvalue weighted by atomic mass is 9.91. The van der Waals surface area contributed by atoms with Crippen molar-refractivity contribution in [1.82, 2.24) is 10.2 Å². The fourth-order valence-corrected chi connectivity index (χ4v) is 3.98. The molecular weight excluding hydrogens is 331 g/mol. The van der Waals surface area contributed by atoms with E-state index in [-0.39, 0.29) is 29.6 Å². The molecule has 2 aromatic carbocycles. The summed E-state index contributed by atoms with van der Waals surface area (Å²) < 4.78 is 13.0. The van der Waals surface area contributed by atoms with Gasteiger partial charge in [0, 0.05) is 18.7 Å². The predicted octanol–water partition coefficient (Wildman–Crippen LogP) is 2.72. The van der Waals surface area contributed by atoms with Crippen molar-refractivity contribution in [1.29, 1.82) is 0 Å². The molecule has 4 rings (SSSR count). The van der Waals surface area contributed by atoms with E-state index in [4.69, 9.17) is 0 Å². The van der Waals surface area contributed by atoms with Crippen LogP contribution in [0.5, 0.6) is 0 Å². The van der Waals surface area contributed by atoms with Gasteiger partial charge >= 0.3 is 0 Å². The number of fused-ring (bicyclic) bond motifs is 1. The predicted molar refractivity (Wildman–Crippen MR) is 96.3 cm³/mol. The minimum atomic E-state index is -0.353. The third-order valence-corrected chi connectivity index (χ3v) is 5.49. The van der Waals surface area contributed by atoms with Crippen LogP contribution in [0.1, 0.15) is 34.3 Å². The van der Waals surface area contributed by atoms with E-state index in [1.54, 1.807) is 12.1 Å². The first-order valence-electron chi connectivity index (χ1n) is 8.97. The van der Waals surface area contributed by atoms with Gasteiger partial charge in [0.15, 0.2) is 0 Å². The molecule has 2 heterocycles. The largest absolute Gasteiger partial charge is 0.345 e. The van der Waals surface area contributed by atoms with Crippen molar-refractivity contribution in [3.8, 4) is 0 Å². The summed E-state index contributed by atoms with van der Waals surface area (Å²) in [6, 6.07) is 13.7. The van der Waals surface area contributed by atoms with E-state index >= 15 is 0 Å². The van der Waals surface area contributed by atoms with Crippen LogP contribution >= 0.6 is 0 Å². The van der Waals surface area contributed by atoms with Gasteiger partial charge in [-0.1, -0.05) is 30.3 Å². The van der Waals surface area contributed by atoms with Crippen molar-refractivity contribution in [3.63, 3.8) is 0 Å². The summed E-state index contributed by atoms with van der Waals surface area (Å²) >= 11 is 0. The Morgan fingerprint density at radius 3 is 2.69 bits per heavy atom. The molecule has 1 saturated heterocycles. The van der Waals surface area contributed by atoms with Crippen molar-refractivity contribution in [2.75, 3.05) is 13.1 Å². The summed E-state index contributed by atoms with van der Waals surface area (Å²) in [5.41, 5.74) is 2.25. The number of carbonyl (C=O) groups is 2. The molecule has 2 aromatic rings. The van der Waals surface area contributed by atoms with Gasteiger partial charge in [-0.15, -0.1) is 0 Å². The van der Waals surface area contributed by atoms with Gasteiger partial charge in [-0.25, -0.2) is 4.39 Å². The number of benzene rings is 2. The van der Waals surface area contributed by atoms with E-state index in [0.29, 0.717) is 13.1 Å². The number of likely N-dealkylation sites (tertiary alicyclic amines) is 1. The molecular formula is C21H21FN2O2.